The molecule has 1 saturated heterocycles. The normalized spacial score (nSPS) is 19.9. The number of carbonyl (C=O) groups is 1. The van der Waals surface area contributed by atoms with Crippen LogP contribution in [0.3, 0.4) is 0 Å². The van der Waals surface area contributed by atoms with E-state index in [4.69, 9.17) is 0 Å². The van der Waals surface area contributed by atoms with Crippen molar-refractivity contribution in [1.29, 1.82) is 0 Å². The van der Waals surface area contributed by atoms with Gasteiger partial charge >= 0.3 is 0 Å². The van der Waals surface area contributed by atoms with Crippen LogP contribution in [0.15, 0.2) is 30.3 Å². The fraction of sp³-hybridized carbons (Fsp3) is 0.357. The van der Waals surface area contributed by atoms with Gasteiger partial charge in [-0.25, -0.2) is 4.39 Å². The minimum Gasteiger partial charge on any atom is -0.349 e. The lowest BCUT2D eigenvalue weighted by Crippen LogP contribution is -2.45. The van der Waals surface area contributed by atoms with Crippen molar-refractivity contribution in [3.05, 3.63) is 41.7 Å². The molecule has 1 aliphatic rings. The van der Waals surface area contributed by atoms with Gasteiger partial charge in [0.1, 0.15) is 5.82 Å². The summed E-state index contributed by atoms with van der Waals surface area (Å²) in [5.41, 5.74) is 0.687. The van der Waals surface area contributed by atoms with Gasteiger partial charge in [0.25, 0.3) is 0 Å². The Bertz CT molecular complexity index is 439. The first-order valence-corrected chi connectivity index (χ1v) is 6.19. The molecule has 96 valence electrons. The van der Waals surface area contributed by atoms with E-state index in [9.17, 15) is 9.18 Å². The summed E-state index contributed by atoms with van der Waals surface area (Å²) in [6.07, 6.45) is 5.16. The Morgan fingerprint density at radius 3 is 3.11 bits per heavy atom. The number of hydrogen-bond donors (Lipinski definition) is 2. The Hall–Kier alpha value is -1.68. The average Bonchev–Trinajstić information content (AvgIpc) is 2.38. The number of amides is 1. The SMILES string of the molecule is O=C(/C=C/c1cccc(F)c1)N[C@@H]1CCCNC1. The molecular weight excluding hydrogens is 231 g/mol. The van der Waals surface area contributed by atoms with Crippen LogP contribution in [0.5, 0.6) is 0 Å². The molecule has 0 aliphatic carbocycles. The smallest absolute Gasteiger partial charge is 0.244 e. The van der Waals surface area contributed by atoms with Gasteiger partial charge in [-0.2, -0.15) is 0 Å². The maximum Gasteiger partial charge on any atom is 0.244 e. The second-order valence-corrected chi connectivity index (χ2v) is 4.44. The number of halogens is 1. The Morgan fingerprint density at radius 1 is 1.50 bits per heavy atom. The lowest BCUT2D eigenvalue weighted by molar-refractivity contribution is -0.117. The summed E-state index contributed by atoms with van der Waals surface area (Å²) >= 11 is 0. The van der Waals surface area contributed by atoms with Crippen LogP contribution in [-0.2, 0) is 4.79 Å². The summed E-state index contributed by atoms with van der Waals surface area (Å²) in [6.45, 7) is 1.84. The topological polar surface area (TPSA) is 41.1 Å². The van der Waals surface area contributed by atoms with Gasteiger partial charge in [0.15, 0.2) is 0 Å². The highest BCUT2D eigenvalue weighted by molar-refractivity contribution is 5.91. The fourth-order valence-electron chi connectivity index (χ4n) is 2.01. The lowest BCUT2D eigenvalue weighted by atomic mass is 10.1. The van der Waals surface area contributed by atoms with Gasteiger partial charge in [-0.3, -0.25) is 4.79 Å². The molecule has 2 N–H and O–H groups in total. The quantitative estimate of drug-likeness (QED) is 0.799. The van der Waals surface area contributed by atoms with Crippen LogP contribution < -0.4 is 10.6 Å². The van der Waals surface area contributed by atoms with Crippen molar-refractivity contribution in [3.63, 3.8) is 0 Å². The monoisotopic (exact) mass is 248 g/mol. The number of rotatable bonds is 3. The average molecular weight is 248 g/mol. The van der Waals surface area contributed by atoms with Gasteiger partial charge in [-0.1, -0.05) is 12.1 Å². The molecule has 0 spiro atoms. The van der Waals surface area contributed by atoms with E-state index < -0.39 is 0 Å². The maximum absolute atomic E-state index is 12.9. The van der Waals surface area contributed by atoms with E-state index in [-0.39, 0.29) is 17.8 Å². The molecular formula is C14H17FN2O. The zero-order chi connectivity index (χ0) is 12.8. The third-order valence-electron chi connectivity index (χ3n) is 2.92. The first kappa shape index (κ1) is 12.8. The molecule has 3 nitrogen and oxygen atoms in total. The van der Waals surface area contributed by atoms with E-state index in [0.29, 0.717) is 5.56 Å². The molecule has 18 heavy (non-hydrogen) atoms. The number of nitrogens with one attached hydrogen (secondary N) is 2. The first-order chi connectivity index (χ1) is 8.74. The van der Waals surface area contributed by atoms with Crippen molar-refractivity contribution in [2.75, 3.05) is 13.1 Å². The van der Waals surface area contributed by atoms with Crippen molar-refractivity contribution >= 4 is 12.0 Å². The van der Waals surface area contributed by atoms with Crippen LogP contribution in [0, 0.1) is 5.82 Å². The molecule has 1 fully saturated rings. The van der Waals surface area contributed by atoms with Crippen molar-refractivity contribution in [2.24, 2.45) is 0 Å². The molecule has 0 aromatic heterocycles. The Balaban J connectivity index is 1.86. The molecule has 1 aromatic rings. The van der Waals surface area contributed by atoms with Crippen LogP contribution >= 0.6 is 0 Å². The van der Waals surface area contributed by atoms with Crippen molar-refractivity contribution < 1.29 is 9.18 Å². The molecule has 1 aliphatic heterocycles. The van der Waals surface area contributed by atoms with Gasteiger partial charge in [0.05, 0.1) is 0 Å². The fourth-order valence-corrected chi connectivity index (χ4v) is 2.01. The number of piperidine rings is 1. The van der Waals surface area contributed by atoms with E-state index in [1.807, 2.05) is 0 Å². The Morgan fingerprint density at radius 2 is 2.39 bits per heavy atom. The molecule has 0 radical (unpaired) electrons. The molecule has 2 rings (SSSR count). The van der Waals surface area contributed by atoms with Crippen LogP contribution in [0.2, 0.25) is 0 Å². The van der Waals surface area contributed by atoms with E-state index in [1.165, 1.54) is 18.2 Å². The number of hydrogen-bond acceptors (Lipinski definition) is 2. The molecule has 1 amide bonds. The van der Waals surface area contributed by atoms with Crippen LogP contribution in [-0.4, -0.2) is 25.0 Å². The van der Waals surface area contributed by atoms with Gasteiger partial charge in [-0.15, -0.1) is 0 Å². The summed E-state index contributed by atoms with van der Waals surface area (Å²) in [7, 11) is 0. The van der Waals surface area contributed by atoms with Crippen LogP contribution in [0.1, 0.15) is 18.4 Å². The summed E-state index contributed by atoms with van der Waals surface area (Å²) in [5, 5.41) is 6.15. The van der Waals surface area contributed by atoms with Crippen molar-refractivity contribution in [3.8, 4) is 0 Å². The van der Waals surface area contributed by atoms with Crippen LogP contribution in [0.4, 0.5) is 4.39 Å². The van der Waals surface area contributed by atoms with Crippen molar-refractivity contribution in [1.82, 2.24) is 10.6 Å². The third kappa shape index (κ3) is 3.96. The molecule has 0 bridgehead atoms. The summed E-state index contributed by atoms with van der Waals surface area (Å²) in [5.74, 6) is -0.429. The van der Waals surface area contributed by atoms with Crippen LogP contribution in [0.25, 0.3) is 6.08 Å². The number of carbonyl (C=O) groups excluding carboxylic acids is 1. The minimum absolute atomic E-state index is 0.132. The van der Waals surface area contributed by atoms with Gasteiger partial charge < -0.3 is 10.6 Å². The van der Waals surface area contributed by atoms with Crippen molar-refractivity contribution in [2.45, 2.75) is 18.9 Å². The largest absolute Gasteiger partial charge is 0.349 e. The summed E-state index contributed by atoms with van der Waals surface area (Å²) < 4.78 is 12.9. The summed E-state index contributed by atoms with van der Waals surface area (Å²) in [6, 6.07) is 6.35. The molecule has 1 heterocycles. The first-order valence-electron chi connectivity index (χ1n) is 6.19. The Labute approximate surface area is 106 Å². The van der Waals surface area contributed by atoms with E-state index >= 15 is 0 Å². The lowest BCUT2D eigenvalue weighted by Gasteiger charge is -2.23. The zero-order valence-corrected chi connectivity index (χ0v) is 10.2. The standard InChI is InChI=1S/C14H17FN2O/c15-12-4-1-3-11(9-12)6-7-14(18)17-13-5-2-8-16-10-13/h1,3-4,6-7,9,13,16H,2,5,8,10H2,(H,17,18)/b7-6+/t13-/m1/s1. The summed E-state index contributed by atoms with van der Waals surface area (Å²) in [4.78, 5) is 11.7. The van der Waals surface area contributed by atoms with Gasteiger partial charge in [-0.05, 0) is 43.2 Å². The molecule has 1 aromatic carbocycles. The second kappa shape index (κ2) is 6.31. The van der Waals surface area contributed by atoms with Gasteiger partial charge in [0, 0.05) is 18.7 Å². The minimum atomic E-state index is -0.297. The maximum atomic E-state index is 12.9. The zero-order valence-electron chi connectivity index (χ0n) is 10.2. The van der Waals surface area contributed by atoms with E-state index in [2.05, 4.69) is 10.6 Å². The van der Waals surface area contributed by atoms with Gasteiger partial charge in [0.2, 0.25) is 5.91 Å². The predicted molar refractivity (Wildman–Crippen MR) is 69.5 cm³/mol. The predicted octanol–water partition coefficient (Wildman–Crippen LogP) is 1.71. The second-order valence-electron chi connectivity index (χ2n) is 4.44. The molecule has 0 saturated carbocycles. The highest BCUT2D eigenvalue weighted by atomic mass is 19.1. The van der Waals surface area contributed by atoms with E-state index in [1.54, 1.807) is 18.2 Å². The Kier molecular flexibility index (Phi) is 4.47. The highest BCUT2D eigenvalue weighted by Crippen LogP contribution is 2.05. The molecule has 1 atom stereocenters. The molecule has 0 unspecified atom stereocenters. The van der Waals surface area contributed by atoms with E-state index in [0.717, 1.165) is 25.9 Å². The highest BCUT2D eigenvalue weighted by Gasteiger charge is 2.13. The molecule has 4 heteroatoms. The number of benzene rings is 1. The third-order valence-corrected chi connectivity index (χ3v) is 2.92.